The maximum Gasteiger partial charge on any atom is 0.411 e. The van der Waals surface area contributed by atoms with Crippen LogP contribution in [0.1, 0.15) is 5.56 Å². The van der Waals surface area contributed by atoms with E-state index in [1.807, 2.05) is 0 Å². The van der Waals surface area contributed by atoms with Crippen molar-refractivity contribution in [1.29, 1.82) is 0 Å². The van der Waals surface area contributed by atoms with Crippen molar-refractivity contribution in [3.8, 4) is 5.75 Å². The molecule has 1 aromatic carbocycles. The van der Waals surface area contributed by atoms with Crippen molar-refractivity contribution in [3.05, 3.63) is 28.8 Å². The number of halogens is 4. The third-order valence-corrected chi connectivity index (χ3v) is 2.94. The highest BCUT2D eigenvalue weighted by molar-refractivity contribution is 6.30. The Morgan fingerprint density at radius 1 is 1.35 bits per heavy atom. The molecule has 0 aliphatic heterocycles. The molecule has 1 aromatic rings. The lowest BCUT2D eigenvalue weighted by molar-refractivity contribution is -0.175. The summed E-state index contributed by atoms with van der Waals surface area (Å²) in [6, 6.07) is 4.89. The largest absolute Gasteiger partial charge is 0.496 e. The van der Waals surface area contributed by atoms with Gasteiger partial charge in [-0.25, -0.2) is 0 Å². The smallest absolute Gasteiger partial charge is 0.411 e. The van der Waals surface area contributed by atoms with Gasteiger partial charge in [-0.3, -0.25) is 0 Å². The normalized spacial score (nSPS) is 13.3. The topological polar surface area (TPSA) is 30.5 Å². The third kappa shape index (κ3) is 5.98. The monoisotopic (exact) mass is 311 g/mol. The number of benzene rings is 1. The van der Waals surface area contributed by atoms with E-state index < -0.39 is 12.8 Å². The predicted molar refractivity (Wildman–Crippen MR) is 71.4 cm³/mol. The van der Waals surface area contributed by atoms with Crippen molar-refractivity contribution in [2.45, 2.75) is 18.6 Å². The summed E-state index contributed by atoms with van der Waals surface area (Å²) >= 11 is 5.91. The van der Waals surface area contributed by atoms with Crippen molar-refractivity contribution in [2.75, 3.05) is 27.4 Å². The fourth-order valence-electron chi connectivity index (χ4n) is 1.73. The molecule has 20 heavy (non-hydrogen) atoms. The second-order valence-electron chi connectivity index (χ2n) is 4.28. The van der Waals surface area contributed by atoms with Crippen LogP contribution in [0, 0.1) is 0 Å². The molecule has 0 aromatic heterocycles. The first-order valence-electron chi connectivity index (χ1n) is 6.00. The summed E-state index contributed by atoms with van der Waals surface area (Å²) in [7, 11) is 3.19. The molecule has 0 radical (unpaired) electrons. The Kier molecular flexibility index (Phi) is 6.58. The van der Waals surface area contributed by atoms with Gasteiger partial charge >= 0.3 is 6.18 Å². The lowest BCUT2D eigenvalue weighted by atomic mass is 10.1. The minimum absolute atomic E-state index is 0.0499. The summed E-state index contributed by atoms with van der Waals surface area (Å²) in [6.07, 6.45) is -3.86. The van der Waals surface area contributed by atoms with E-state index in [0.717, 1.165) is 5.56 Å². The number of hydrogen-bond acceptors (Lipinski definition) is 3. The maximum absolute atomic E-state index is 12.0. The molecular formula is C13H17ClF3NO2. The first kappa shape index (κ1) is 17.1. The van der Waals surface area contributed by atoms with Crippen molar-refractivity contribution in [1.82, 2.24) is 5.32 Å². The summed E-state index contributed by atoms with van der Waals surface area (Å²) in [5, 5.41) is 3.46. The molecule has 1 N–H and O–H groups in total. The first-order chi connectivity index (χ1) is 9.35. The number of rotatable bonds is 7. The van der Waals surface area contributed by atoms with Crippen molar-refractivity contribution in [2.24, 2.45) is 0 Å². The minimum atomic E-state index is -4.31. The van der Waals surface area contributed by atoms with Gasteiger partial charge in [0.15, 0.2) is 0 Å². The number of nitrogens with one attached hydrogen (secondary N) is 1. The molecule has 1 unspecified atom stereocenters. The van der Waals surface area contributed by atoms with Crippen LogP contribution in [0.4, 0.5) is 13.2 Å². The number of alkyl halides is 3. The number of likely N-dealkylation sites (N-methyl/N-ethyl adjacent to an activating group) is 1. The Bertz CT molecular complexity index is 427. The molecule has 0 aliphatic carbocycles. The highest BCUT2D eigenvalue weighted by Gasteiger charge is 2.27. The van der Waals surface area contributed by atoms with Crippen LogP contribution in [-0.4, -0.2) is 39.6 Å². The third-order valence-electron chi connectivity index (χ3n) is 2.70. The van der Waals surface area contributed by atoms with Crippen LogP contribution in [0.15, 0.2) is 18.2 Å². The first-order valence-corrected chi connectivity index (χ1v) is 6.37. The van der Waals surface area contributed by atoms with E-state index in [1.54, 1.807) is 25.2 Å². The molecule has 114 valence electrons. The summed E-state index contributed by atoms with van der Waals surface area (Å²) in [4.78, 5) is 0. The number of hydrogen-bond donors (Lipinski definition) is 1. The van der Waals surface area contributed by atoms with Gasteiger partial charge < -0.3 is 14.8 Å². The molecule has 0 spiro atoms. The Balaban J connectivity index is 2.62. The molecule has 1 rings (SSSR count). The van der Waals surface area contributed by atoms with Crippen molar-refractivity contribution >= 4 is 11.6 Å². The highest BCUT2D eigenvalue weighted by atomic mass is 35.5. The Morgan fingerprint density at radius 3 is 2.60 bits per heavy atom. The van der Waals surface area contributed by atoms with Gasteiger partial charge in [0.25, 0.3) is 0 Å². The molecule has 3 nitrogen and oxygen atoms in total. The minimum Gasteiger partial charge on any atom is -0.496 e. The summed E-state index contributed by atoms with van der Waals surface area (Å²) in [5.41, 5.74) is 0.815. The zero-order valence-corrected chi connectivity index (χ0v) is 12.0. The number of ether oxygens (including phenoxy) is 2. The molecule has 0 saturated carbocycles. The standard InChI is InChI=1S/C13H17ClF3NO2/c1-18-11(7-20-8-13(15,16)17)6-9-5-10(14)3-4-12(9)19-2/h3-5,11,18H,6-8H2,1-2H3. The van der Waals surface area contributed by atoms with E-state index in [1.165, 1.54) is 7.11 Å². The Hall–Kier alpha value is -0.980. The van der Waals surface area contributed by atoms with Crippen LogP contribution in [0.2, 0.25) is 5.02 Å². The molecule has 1 atom stereocenters. The van der Waals surface area contributed by atoms with E-state index in [0.29, 0.717) is 17.2 Å². The molecule has 7 heteroatoms. The lowest BCUT2D eigenvalue weighted by Crippen LogP contribution is -2.34. The molecule has 0 amide bonds. The zero-order chi connectivity index (χ0) is 15.2. The fourth-order valence-corrected chi connectivity index (χ4v) is 1.93. The van der Waals surface area contributed by atoms with Crippen LogP contribution in [0.25, 0.3) is 0 Å². The highest BCUT2D eigenvalue weighted by Crippen LogP contribution is 2.24. The van der Waals surface area contributed by atoms with E-state index in [4.69, 9.17) is 16.3 Å². The van der Waals surface area contributed by atoms with Crippen LogP contribution in [-0.2, 0) is 11.2 Å². The second kappa shape index (κ2) is 7.71. The number of methoxy groups -OCH3 is 1. The van der Waals surface area contributed by atoms with Gasteiger partial charge in [0.1, 0.15) is 12.4 Å². The van der Waals surface area contributed by atoms with Gasteiger partial charge in [-0.05, 0) is 37.2 Å². The fraction of sp³-hybridized carbons (Fsp3) is 0.538. The van der Waals surface area contributed by atoms with Crippen LogP contribution >= 0.6 is 11.6 Å². The van der Waals surface area contributed by atoms with E-state index in [9.17, 15) is 13.2 Å². The molecule has 0 saturated heterocycles. The molecule has 0 fully saturated rings. The Morgan fingerprint density at radius 2 is 2.05 bits per heavy atom. The predicted octanol–water partition coefficient (Wildman–Crippen LogP) is 3.06. The average molecular weight is 312 g/mol. The van der Waals surface area contributed by atoms with Gasteiger partial charge in [-0.2, -0.15) is 13.2 Å². The van der Waals surface area contributed by atoms with Gasteiger partial charge in [0.2, 0.25) is 0 Å². The second-order valence-corrected chi connectivity index (χ2v) is 4.71. The van der Waals surface area contributed by atoms with E-state index in [-0.39, 0.29) is 12.6 Å². The molecule has 0 bridgehead atoms. The van der Waals surface area contributed by atoms with Gasteiger partial charge in [-0.1, -0.05) is 11.6 Å². The lowest BCUT2D eigenvalue weighted by Gasteiger charge is -2.18. The Labute approximate surface area is 121 Å². The summed E-state index contributed by atoms with van der Waals surface area (Å²) in [6.45, 7) is -1.30. The SMILES string of the molecule is CNC(COCC(F)(F)F)Cc1cc(Cl)ccc1OC. The zero-order valence-electron chi connectivity index (χ0n) is 11.3. The van der Waals surface area contributed by atoms with E-state index >= 15 is 0 Å². The molecular weight excluding hydrogens is 295 g/mol. The molecule has 0 aliphatic rings. The summed E-state index contributed by atoms with van der Waals surface area (Å²) < 4.78 is 45.9. The van der Waals surface area contributed by atoms with Crippen molar-refractivity contribution < 1.29 is 22.6 Å². The van der Waals surface area contributed by atoms with Gasteiger partial charge in [-0.15, -0.1) is 0 Å². The van der Waals surface area contributed by atoms with Gasteiger partial charge in [0.05, 0.1) is 13.7 Å². The quantitative estimate of drug-likeness (QED) is 0.839. The summed E-state index contributed by atoms with van der Waals surface area (Å²) in [5.74, 6) is 0.644. The van der Waals surface area contributed by atoms with Crippen LogP contribution in [0.3, 0.4) is 0 Å². The maximum atomic E-state index is 12.0. The average Bonchev–Trinajstić information content (AvgIpc) is 2.36. The van der Waals surface area contributed by atoms with Crippen molar-refractivity contribution in [3.63, 3.8) is 0 Å². The van der Waals surface area contributed by atoms with Crippen LogP contribution in [0.5, 0.6) is 5.75 Å². The van der Waals surface area contributed by atoms with Gasteiger partial charge in [0, 0.05) is 11.1 Å². The van der Waals surface area contributed by atoms with E-state index in [2.05, 4.69) is 10.1 Å². The van der Waals surface area contributed by atoms with Crippen LogP contribution < -0.4 is 10.1 Å². The molecule has 0 heterocycles.